The molecule has 0 radical (unpaired) electrons. The average Bonchev–Trinajstić information content (AvgIpc) is 2.72. The van der Waals surface area contributed by atoms with E-state index in [-0.39, 0.29) is 11.3 Å². The first-order valence-corrected chi connectivity index (χ1v) is 6.28. The third-order valence-electron chi connectivity index (χ3n) is 3.68. The van der Waals surface area contributed by atoms with Gasteiger partial charge in [0.25, 0.3) is 0 Å². The Labute approximate surface area is 101 Å². The molecular formula is C12H20N4O. The van der Waals surface area contributed by atoms with Gasteiger partial charge in [-0.05, 0) is 12.8 Å². The fourth-order valence-electron chi connectivity index (χ4n) is 2.51. The first-order chi connectivity index (χ1) is 8.27. The molecule has 4 N–H and O–H groups in total. The standard InChI is InChI=1S/C12H20N4O/c13-9-12(6-3-1-2-4-7-12)11(17)15-10-5-8-14-16-10/h5,8H,1-4,6-7,9,13H2,(H2,14,15,16,17). The lowest BCUT2D eigenvalue weighted by atomic mass is 9.79. The number of H-pyrrole nitrogens is 1. The first kappa shape index (κ1) is 12.1. The number of anilines is 1. The monoisotopic (exact) mass is 236 g/mol. The van der Waals surface area contributed by atoms with Crippen molar-refractivity contribution in [1.82, 2.24) is 10.2 Å². The van der Waals surface area contributed by atoms with Gasteiger partial charge in [-0.25, -0.2) is 0 Å². The van der Waals surface area contributed by atoms with Gasteiger partial charge in [0.1, 0.15) is 5.82 Å². The summed E-state index contributed by atoms with van der Waals surface area (Å²) in [6.45, 7) is 0.424. The number of hydrogen-bond donors (Lipinski definition) is 3. The van der Waals surface area contributed by atoms with Crippen LogP contribution >= 0.6 is 0 Å². The molecular weight excluding hydrogens is 216 g/mol. The van der Waals surface area contributed by atoms with Gasteiger partial charge in [-0.1, -0.05) is 25.7 Å². The van der Waals surface area contributed by atoms with Crippen molar-refractivity contribution < 1.29 is 4.79 Å². The van der Waals surface area contributed by atoms with Gasteiger partial charge in [0.05, 0.1) is 11.6 Å². The van der Waals surface area contributed by atoms with Crippen molar-refractivity contribution in [3.05, 3.63) is 12.3 Å². The zero-order valence-electron chi connectivity index (χ0n) is 10.0. The van der Waals surface area contributed by atoms with Crippen LogP contribution in [0.2, 0.25) is 0 Å². The van der Waals surface area contributed by atoms with E-state index in [4.69, 9.17) is 5.73 Å². The first-order valence-electron chi connectivity index (χ1n) is 6.28. The van der Waals surface area contributed by atoms with Crippen LogP contribution in [0.5, 0.6) is 0 Å². The fraction of sp³-hybridized carbons (Fsp3) is 0.667. The van der Waals surface area contributed by atoms with Crippen LogP contribution in [-0.4, -0.2) is 22.6 Å². The maximum atomic E-state index is 12.3. The number of aromatic amines is 1. The van der Waals surface area contributed by atoms with Gasteiger partial charge in [0, 0.05) is 12.6 Å². The lowest BCUT2D eigenvalue weighted by molar-refractivity contribution is -0.125. The zero-order valence-corrected chi connectivity index (χ0v) is 10.0. The van der Waals surface area contributed by atoms with Gasteiger partial charge in [0.15, 0.2) is 0 Å². The zero-order chi connectivity index (χ0) is 12.1. The van der Waals surface area contributed by atoms with E-state index in [1.807, 2.05) is 0 Å². The predicted molar refractivity (Wildman–Crippen MR) is 66.4 cm³/mol. The number of carbonyl (C=O) groups is 1. The maximum absolute atomic E-state index is 12.3. The molecule has 1 aromatic rings. The van der Waals surface area contributed by atoms with Crippen LogP contribution in [0.3, 0.4) is 0 Å². The summed E-state index contributed by atoms with van der Waals surface area (Å²) in [5, 5.41) is 9.43. The molecule has 0 aromatic carbocycles. The molecule has 0 aliphatic heterocycles. The molecule has 1 aromatic heterocycles. The fourth-order valence-corrected chi connectivity index (χ4v) is 2.51. The van der Waals surface area contributed by atoms with E-state index < -0.39 is 0 Å². The van der Waals surface area contributed by atoms with E-state index in [1.54, 1.807) is 12.3 Å². The van der Waals surface area contributed by atoms with Gasteiger partial charge < -0.3 is 11.1 Å². The number of nitrogens with two attached hydrogens (primary N) is 1. The average molecular weight is 236 g/mol. The molecule has 94 valence electrons. The van der Waals surface area contributed by atoms with Crippen LogP contribution in [-0.2, 0) is 4.79 Å². The Morgan fingerprint density at radius 3 is 2.65 bits per heavy atom. The van der Waals surface area contributed by atoms with Gasteiger partial charge >= 0.3 is 0 Å². The summed E-state index contributed by atoms with van der Waals surface area (Å²) in [7, 11) is 0. The number of carbonyl (C=O) groups excluding carboxylic acids is 1. The molecule has 5 heteroatoms. The largest absolute Gasteiger partial charge is 0.329 e. The number of hydrogen-bond acceptors (Lipinski definition) is 3. The minimum absolute atomic E-state index is 0.0335. The van der Waals surface area contributed by atoms with Crippen molar-refractivity contribution in [2.24, 2.45) is 11.1 Å². The topological polar surface area (TPSA) is 83.8 Å². The van der Waals surface area contributed by atoms with Crippen LogP contribution < -0.4 is 11.1 Å². The second-order valence-electron chi connectivity index (χ2n) is 4.82. The summed E-state index contributed by atoms with van der Waals surface area (Å²) in [4.78, 5) is 12.3. The highest BCUT2D eigenvalue weighted by Gasteiger charge is 2.37. The summed E-state index contributed by atoms with van der Waals surface area (Å²) in [6, 6.07) is 1.75. The molecule has 0 atom stereocenters. The molecule has 5 nitrogen and oxygen atoms in total. The second kappa shape index (κ2) is 5.31. The minimum atomic E-state index is -0.387. The van der Waals surface area contributed by atoms with Crippen molar-refractivity contribution in [2.75, 3.05) is 11.9 Å². The predicted octanol–water partition coefficient (Wildman–Crippen LogP) is 1.65. The number of nitrogens with zero attached hydrogens (tertiary/aromatic N) is 1. The van der Waals surface area contributed by atoms with Crippen LogP contribution in [0, 0.1) is 5.41 Å². The Morgan fingerprint density at radius 1 is 1.41 bits per heavy atom. The van der Waals surface area contributed by atoms with Gasteiger partial charge in [-0.15, -0.1) is 0 Å². The van der Waals surface area contributed by atoms with Crippen LogP contribution in [0.15, 0.2) is 12.3 Å². The van der Waals surface area contributed by atoms with Crippen LogP contribution in [0.25, 0.3) is 0 Å². The van der Waals surface area contributed by atoms with Crippen LogP contribution in [0.1, 0.15) is 38.5 Å². The summed E-state index contributed by atoms with van der Waals surface area (Å²) in [5.74, 6) is 0.679. The van der Waals surface area contributed by atoms with Crippen molar-refractivity contribution >= 4 is 11.7 Å². The Bertz CT molecular complexity index is 353. The number of aromatic nitrogens is 2. The van der Waals surface area contributed by atoms with Gasteiger partial charge in [-0.3, -0.25) is 9.89 Å². The normalized spacial score (nSPS) is 19.6. The molecule has 0 saturated heterocycles. The quantitative estimate of drug-likeness (QED) is 0.698. The molecule has 1 aliphatic rings. The van der Waals surface area contributed by atoms with E-state index >= 15 is 0 Å². The Kier molecular flexibility index (Phi) is 3.78. The molecule has 17 heavy (non-hydrogen) atoms. The highest BCUT2D eigenvalue weighted by atomic mass is 16.2. The highest BCUT2D eigenvalue weighted by molar-refractivity contribution is 5.94. The van der Waals surface area contributed by atoms with Crippen molar-refractivity contribution in [3.63, 3.8) is 0 Å². The van der Waals surface area contributed by atoms with Crippen molar-refractivity contribution in [1.29, 1.82) is 0 Å². The van der Waals surface area contributed by atoms with E-state index in [1.165, 1.54) is 12.8 Å². The van der Waals surface area contributed by atoms with Crippen LogP contribution in [0.4, 0.5) is 5.82 Å². The molecule has 1 fully saturated rings. The molecule has 2 rings (SSSR count). The summed E-state index contributed by atoms with van der Waals surface area (Å²) in [6.07, 6.45) is 8.00. The molecule has 0 unspecified atom stereocenters. The van der Waals surface area contributed by atoms with E-state index in [0.717, 1.165) is 25.7 Å². The minimum Gasteiger partial charge on any atom is -0.329 e. The number of rotatable bonds is 3. The summed E-state index contributed by atoms with van der Waals surface area (Å²) >= 11 is 0. The number of amides is 1. The SMILES string of the molecule is NCC1(C(=O)Nc2ccn[nH]2)CCCCCC1. The number of nitrogens with one attached hydrogen (secondary N) is 2. The van der Waals surface area contributed by atoms with E-state index in [2.05, 4.69) is 15.5 Å². The maximum Gasteiger partial charge on any atom is 0.233 e. The third-order valence-corrected chi connectivity index (χ3v) is 3.68. The molecule has 0 spiro atoms. The highest BCUT2D eigenvalue weighted by Crippen LogP contribution is 2.35. The second-order valence-corrected chi connectivity index (χ2v) is 4.82. The molecule has 1 heterocycles. The van der Waals surface area contributed by atoms with Crippen molar-refractivity contribution in [3.8, 4) is 0 Å². The van der Waals surface area contributed by atoms with Crippen molar-refractivity contribution in [2.45, 2.75) is 38.5 Å². The molecule has 0 bridgehead atoms. The Hall–Kier alpha value is -1.36. The summed E-state index contributed by atoms with van der Waals surface area (Å²) < 4.78 is 0. The molecule has 1 aliphatic carbocycles. The van der Waals surface area contributed by atoms with E-state index in [0.29, 0.717) is 12.4 Å². The van der Waals surface area contributed by atoms with E-state index in [9.17, 15) is 4.79 Å². The Morgan fingerprint density at radius 2 is 2.12 bits per heavy atom. The smallest absolute Gasteiger partial charge is 0.233 e. The Balaban J connectivity index is 2.07. The lowest BCUT2D eigenvalue weighted by Gasteiger charge is -2.29. The molecule has 1 saturated carbocycles. The van der Waals surface area contributed by atoms with Gasteiger partial charge in [0.2, 0.25) is 5.91 Å². The summed E-state index contributed by atoms with van der Waals surface area (Å²) in [5.41, 5.74) is 5.46. The molecule has 1 amide bonds. The lowest BCUT2D eigenvalue weighted by Crippen LogP contribution is -2.42. The van der Waals surface area contributed by atoms with Gasteiger partial charge in [-0.2, -0.15) is 5.10 Å². The third kappa shape index (κ3) is 2.66.